The zero-order valence-electron chi connectivity index (χ0n) is 10.2. The van der Waals surface area contributed by atoms with E-state index in [-0.39, 0.29) is 12.0 Å². The van der Waals surface area contributed by atoms with Gasteiger partial charge >= 0.3 is 0 Å². The molecule has 0 bridgehead atoms. The fraction of sp³-hybridized carbons (Fsp3) is 1.00. The molecule has 0 amide bonds. The maximum absolute atomic E-state index is 9.96. The van der Waals surface area contributed by atoms with E-state index < -0.39 is 5.60 Å². The average molecular weight is 202 g/mol. The first kappa shape index (κ1) is 13.9. The third kappa shape index (κ3) is 5.61. The Kier molecular flexibility index (Phi) is 5.68. The lowest BCUT2D eigenvalue weighted by molar-refractivity contribution is -0.00933. The Labute approximate surface area is 88.3 Å². The molecule has 2 atom stereocenters. The van der Waals surface area contributed by atoms with Gasteiger partial charge in [0.2, 0.25) is 0 Å². The molecule has 0 aliphatic heterocycles. The van der Waals surface area contributed by atoms with E-state index in [1.54, 1.807) is 0 Å². The predicted octanol–water partition coefficient (Wildman–Crippen LogP) is 2.58. The van der Waals surface area contributed by atoms with Crippen LogP contribution in [0.2, 0.25) is 0 Å². The molecule has 14 heavy (non-hydrogen) atoms. The quantitative estimate of drug-likeness (QED) is 0.695. The van der Waals surface area contributed by atoms with Crippen molar-refractivity contribution in [2.45, 2.75) is 65.6 Å². The maximum Gasteiger partial charge on any atom is 0.0643 e. The Morgan fingerprint density at radius 3 is 2.00 bits per heavy atom. The van der Waals surface area contributed by atoms with Crippen LogP contribution in [-0.2, 0) is 0 Å². The van der Waals surface area contributed by atoms with Crippen LogP contribution in [0.25, 0.3) is 0 Å². The van der Waals surface area contributed by atoms with Crippen molar-refractivity contribution in [1.82, 2.24) is 0 Å². The van der Waals surface area contributed by atoms with E-state index in [1.807, 2.05) is 20.8 Å². The van der Waals surface area contributed by atoms with Gasteiger partial charge in [0, 0.05) is 0 Å². The second-order valence-corrected chi connectivity index (χ2v) is 5.33. The number of aliphatic hydroxyl groups excluding tert-OH is 1. The summed E-state index contributed by atoms with van der Waals surface area (Å²) in [5, 5.41) is 19.6. The molecular weight excluding hydrogens is 176 g/mol. The predicted molar refractivity (Wildman–Crippen MR) is 60.2 cm³/mol. The Hall–Kier alpha value is -0.0800. The van der Waals surface area contributed by atoms with Crippen molar-refractivity contribution >= 4 is 0 Å². The van der Waals surface area contributed by atoms with E-state index in [1.165, 1.54) is 0 Å². The van der Waals surface area contributed by atoms with E-state index in [2.05, 4.69) is 13.8 Å². The fourth-order valence-corrected chi connectivity index (χ4v) is 1.41. The monoisotopic (exact) mass is 202 g/mol. The number of aliphatic hydroxyl groups is 2. The van der Waals surface area contributed by atoms with Crippen LogP contribution in [-0.4, -0.2) is 21.9 Å². The molecule has 0 saturated carbocycles. The minimum Gasteiger partial charge on any atom is -0.393 e. The van der Waals surface area contributed by atoms with E-state index in [4.69, 9.17) is 0 Å². The average Bonchev–Trinajstić information content (AvgIpc) is 1.99. The summed E-state index contributed by atoms with van der Waals surface area (Å²) in [6.07, 6.45) is 1.94. The minimum atomic E-state index is -0.641. The molecule has 0 aromatic rings. The molecule has 0 aliphatic rings. The lowest BCUT2D eigenvalue weighted by atomic mass is 9.86. The van der Waals surface area contributed by atoms with Gasteiger partial charge in [0.05, 0.1) is 11.7 Å². The van der Waals surface area contributed by atoms with Crippen molar-refractivity contribution in [2.75, 3.05) is 0 Å². The molecule has 2 N–H and O–H groups in total. The third-order valence-electron chi connectivity index (χ3n) is 2.97. The molecule has 0 rings (SSSR count). The number of hydrogen-bond donors (Lipinski definition) is 2. The summed E-state index contributed by atoms with van der Waals surface area (Å²) in [7, 11) is 0. The highest BCUT2D eigenvalue weighted by atomic mass is 16.3. The van der Waals surface area contributed by atoms with Gasteiger partial charge in [-0.3, -0.25) is 0 Å². The van der Waals surface area contributed by atoms with Gasteiger partial charge in [-0.2, -0.15) is 0 Å². The van der Waals surface area contributed by atoms with E-state index in [0.29, 0.717) is 18.8 Å². The van der Waals surface area contributed by atoms with Crippen molar-refractivity contribution in [3.63, 3.8) is 0 Å². The highest BCUT2D eigenvalue weighted by molar-refractivity contribution is 4.77. The van der Waals surface area contributed by atoms with Crippen LogP contribution in [0.15, 0.2) is 0 Å². The summed E-state index contributed by atoms with van der Waals surface area (Å²) in [6.45, 7) is 10.1. The van der Waals surface area contributed by atoms with Crippen molar-refractivity contribution in [2.24, 2.45) is 11.8 Å². The summed E-state index contributed by atoms with van der Waals surface area (Å²) in [5.74, 6) is 0.766. The smallest absolute Gasteiger partial charge is 0.0643 e. The van der Waals surface area contributed by atoms with Gasteiger partial charge < -0.3 is 10.2 Å². The molecule has 2 unspecified atom stereocenters. The van der Waals surface area contributed by atoms with Crippen LogP contribution in [0.4, 0.5) is 0 Å². The first-order valence-electron chi connectivity index (χ1n) is 5.66. The van der Waals surface area contributed by atoms with Gasteiger partial charge in [0.1, 0.15) is 0 Å². The van der Waals surface area contributed by atoms with Crippen molar-refractivity contribution < 1.29 is 10.2 Å². The Balaban J connectivity index is 3.81. The Morgan fingerprint density at radius 1 is 1.14 bits per heavy atom. The molecular formula is C12H26O2. The molecule has 0 radical (unpaired) electrons. The molecule has 0 aromatic heterocycles. The van der Waals surface area contributed by atoms with Crippen molar-refractivity contribution in [3.8, 4) is 0 Å². The van der Waals surface area contributed by atoms with Crippen LogP contribution in [0.1, 0.15) is 53.9 Å². The molecule has 0 aromatic carbocycles. The normalized spacial score (nSPS) is 18.6. The highest BCUT2D eigenvalue weighted by Gasteiger charge is 2.25. The van der Waals surface area contributed by atoms with Crippen LogP contribution in [0, 0.1) is 11.8 Å². The van der Waals surface area contributed by atoms with Crippen LogP contribution < -0.4 is 0 Å². The topological polar surface area (TPSA) is 40.5 Å². The van der Waals surface area contributed by atoms with Crippen LogP contribution in [0.5, 0.6) is 0 Å². The summed E-state index contributed by atoms with van der Waals surface area (Å²) in [6, 6.07) is 0. The summed E-state index contributed by atoms with van der Waals surface area (Å²) in [4.78, 5) is 0. The van der Waals surface area contributed by atoms with Gasteiger partial charge in [-0.1, -0.05) is 27.7 Å². The van der Waals surface area contributed by atoms with E-state index in [0.717, 1.165) is 6.42 Å². The molecule has 0 heterocycles. The minimum absolute atomic E-state index is 0.244. The van der Waals surface area contributed by atoms with E-state index >= 15 is 0 Å². The second kappa shape index (κ2) is 5.72. The van der Waals surface area contributed by atoms with Gasteiger partial charge in [-0.15, -0.1) is 0 Å². The van der Waals surface area contributed by atoms with Crippen molar-refractivity contribution in [1.29, 1.82) is 0 Å². The van der Waals surface area contributed by atoms with Gasteiger partial charge in [-0.25, -0.2) is 0 Å². The standard InChI is InChI=1S/C12H26O2/c1-9(2)8-11(13)6-7-12(5,14)10(3)4/h9-11,13-14H,6-8H2,1-5H3. The fourth-order valence-electron chi connectivity index (χ4n) is 1.41. The maximum atomic E-state index is 9.96. The molecule has 2 heteroatoms. The van der Waals surface area contributed by atoms with Crippen molar-refractivity contribution in [3.05, 3.63) is 0 Å². The number of hydrogen-bond acceptors (Lipinski definition) is 2. The first-order valence-corrected chi connectivity index (χ1v) is 5.66. The molecule has 0 fully saturated rings. The summed E-state index contributed by atoms with van der Waals surface area (Å²) < 4.78 is 0. The molecule has 86 valence electrons. The molecule has 0 aliphatic carbocycles. The summed E-state index contributed by atoms with van der Waals surface area (Å²) >= 11 is 0. The van der Waals surface area contributed by atoms with Gasteiger partial charge in [0.25, 0.3) is 0 Å². The van der Waals surface area contributed by atoms with Gasteiger partial charge in [-0.05, 0) is 38.0 Å². The first-order chi connectivity index (χ1) is 6.25. The second-order valence-electron chi connectivity index (χ2n) is 5.33. The Bertz CT molecular complexity index is 150. The number of rotatable bonds is 6. The Morgan fingerprint density at radius 2 is 1.64 bits per heavy atom. The SMILES string of the molecule is CC(C)CC(O)CCC(C)(O)C(C)C. The lowest BCUT2D eigenvalue weighted by Crippen LogP contribution is -2.32. The van der Waals surface area contributed by atoms with Gasteiger partial charge in [0.15, 0.2) is 0 Å². The van der Waals surface area contributed by atoms with E-state index in [9.17, 15) is 10.2 Å². The molecule has 2 nitrogen and oxygen atoms in total. The zero-order chi connectivity index (χ0) is 11.4. The van der Waals surface area contributed by atoms with Crippen LogP contribution >= 0.6 is 0 Å². The lowest BCUT2D eigenvalue weighted by Gasteiger charge is -2.28. The summed E-state index contributed by atoms with van der Waals surface area (Å²) in [5.41, 5.74) is -0.641. The zero-order valence-corrected chi connectivity index (χ0v) is 10.2. The third-order valence-corrected chi connectivity index (χ3v) is 2.97. The molecule has 0 saturated heterocycles. The van der Waals surface area contributed by atoms with Crippen LogP contribution in [0.3, 0.4) is 0 Å². The highest BCUT2D eigenvalue weighted by Crippen LogP contribution is 2.23. The molecule has 0 spiro atoms. The largest absolute Gasteiger partial charge is 0.393 e.